The van der Waals surface area contributed by atoms with Crippen LogP contribution in [0.1, 0.15) is 20.8 Å². The monoisotopic (exact) mass is 469 g/mol. The molecule has 0 atom stereocenters. The molecule has 2 aromatic heterocycles. The number of phenolic OH excluding ortho intramolecular Hbond substituents is 1. The van der Waals surface area contributed by atoms with Crippen molar-refractivity contribution in [3.05, 3.63) is 42.7 Å². The Morgan fingerprint density at radius 3 is 2.59 bits per heavy atom. The predicted molar refractivity (Wildman–Crippen MR) is 127 cm³/mol. The number of nitrogens with one attached hydrogen (secondary N) is 1. The van der Waals surface area contributed by atoms with Gasteiger partial charge in [0.15, 0.2) is 5.82 Å². The highest BCUT2D eigenvalue weighted by molar-refractivity contribution is 5.79. The van der Waals surface area contributed by atoms with Gasteiger partial charge in [0.25, 0.3) is 0 Å². The van der Waals surface area contributed by atoms with Crippen molar-refractivity contribution in [3.63, 3.8) is 0 Å². The van der Waals surface area contributed by atoms with Crippen molar-refractivity contribution in [2.75, 3.05) is 38.8 Å². The molecule has 2 heterocycles. The van der Waals surface area contributed by atoms with Crippen LogP contribution in [0.4, 0.5) is 5.82 Å². The zero-order valence-corrected chi connectivity index (χ0v) is 19.9. The van der Waals surface area contributed by atoms with Crippen molar-refractivity contribution in [2.24, 2.45) is 0 Å². The Balaban J connectivity index is 1.51. The number of aromatic nitrogens is 4. The van der Waals surface area contributed by atoms with Gasteiger partial charge in [-0.1, -0.05) is 12.1 Å². The van der Waals surface area contributed by atoms with Gasteiger partial charge in [0, 0.05) is 29.9 Å². The summed E-state index contributed by atoms with van der Waals surface area (Å²) in [6.45, 7) is 6.98. The van der Waals surface area contributed by atoms with E-state index in [2.05, 4.69) is 20.6 Å². The summed E-state index contributed by atoms with van der Waals surface area (Å²) in [5.74, 6) is 0.355. The maximum atomic E-state index is 11.6. The summed E-state index contributed by atoms with van der Waals surface area (Å²) in [4.78, 5) is 11.6. The number of aromatic hydroxyl groups is 1. The second kappa shape index (κ2) is 11.6. The third-order valence-electron chi connectivity index (χ3n) is 4.63. The lowest BCUT2D eigenvalue weighted by Crippen LogP contribution is -2.27. The highest BCUT2D eigenvalue weighted by Gasteiger charge is 2.16. The summed E-state index contributed by atoms with van der Waals surface area (Å²) in [6, 6.07) is 8.87. The quantitative estimate of drug-likeness (QED) is 0.322. The zero-order valence-electron chi connectivity index (χ0n) is 19.9. The largest absolute Gasteiger partial charge is 0.507 e. The third-order valence-corrected chi connectivity index (χ3v) is 4.63. The van der Waals surface area contributed by atoms with Crippen LogP contribution in [0.25, 0.3) is 22.4 Å². The number of hydrogen-bond acceptors (Lipinski definition) is 9. The second-order valence-electron chi connectivity index (χ2n) is 8.50. The second-order valence-corrected chi connectivity index (χ2v) is 8.50. The van der Waals surface area contributed by atoms with Gasteiger partial charge in [-0.15, -0.1) is 10.2 Å². The highest BCUT2D eigenvalue weighted by Crippen LogP contribution is 2.32. The molecule has 0 radical (unpaired) electrons. The van der Waals surface area contributed by atoms with Crippen LogP contribution in [0, 0.1) is 0 Å². The van der Waals surface area contributed by atoms with E-state index in [0.717, 1.165) is 11.1 Å². The number of phenols is 1. The molecule has 3 aromatic rings. The number of carbonyl (C=O) groups excluding carboxylic acids is 1. The van der Waals surface area contributed by atoms with E-state index in [-0.39, 0.29) is 12.4 Å². The van der Waals surface area contributed by atoms with Gasteiger partial charge in [-0.3, -0.25) is 4.68 Å². The molecule has 0 aliphatic carbocycles. The number of benzene rings is 1. The molecule has 0 fully saturated rings. The standard InChI is InChI=1S/C24H31N5O5/c1-24(2,3)34-22(31)16-33-12-11-32-10-9-29-15-17(14-26-29)19-13-20(27-28-23(19)25-4)18-7-5-6-8-21(18)30/h5-8,13-15,30H,9-12,16H2,1-4H3,(H,25,28). The van der Waals surface area contributed by atoms with Gasteiger partial charge in [0.05, 0.1) is 38.3 Å². The number of nitrogens with zero attached hydrogens (tertiary/aromatic N) is 4. The van der Waals surface area contributed by atoms with Crippen molar-refractivity contribution >= 4 is 11.8 Å². The number of rotatable bonds is 11. The third kappa shape index (κ3) is 7.26. The Morgan fingerprint density at radius 2 is 1.85 bits per heavy atom. The molecule has 0 amide bonds. The van der Waals surface area contributed by atoms with Gasteiger partial charge >= 0.3 is 5.97 Å². The fourth-order valence-electron chi connectivity index (χ4n) is 3.15. The fraction of sp³-hybridized carbons (Fsp3) is 0.417. The molecule has 0 aliphatic heterocycles. The normalized spacial score (nSPS) is 11.4. The smallest absolute Gasteiger partial charge is 0.332 e. The van der Waals surface area contributed by atoms with E-state index in [0.29, 0.717) is 43.4 Å². The summed E-state index contributed by atoms with van der Waals surface area (Å²) >= 11 is 0. The molecular weight excluding hydrogens is 438 g/mol. The van der Waals surface area contributed by atoms with Crippen LogP contribution in [0.15, 0.2) is 42.7 Å². The van der Waals surface area contributed by atoms with Crippen LogP contribution in [0.3, 0.4) is 0 Å². The topological polar surface area (TPSA) is 121 Å². The van der Waals surface area contributed by atoms with E-state index in [9.17, 15) is 9.90 Å². The lowest BCUT2D eigenvalue weighted by atomic mass is 10.1. The zero-order chi connectivity index (χ0) is 24.6. The average molecular weight is 470 g/mol. The summed E-state index contributed by atoms with van der Waals surface area (Å²) < 4.78 is 17.8. The molecule has 0 bridgehead atoms. The van der Waals surface area contributed by atoms with E-state index < -0.39 is 11.6 Å². The van der Waals surface area contributed by atoms with E-state index in [1.165, 1.54) is 0 Å². The molecule has 2 N–H and O–H groups in total. The van der Waals surface area contributed by atoms with E-state index in [1.807, 2.05) is 39.1 Å². The molecular formula is C24H31N5O5. The van der Waals surface area contributed by atoms with Gasteiger partial charge in [-0.05, 0) is 39.0 Å². The number of ether oxygens (including phenoxy) is 3. The Morgan fingerprint density at radius 1 is 1.09 bits per heavy atom. The first kappa shape index (κ1) is 25.1. The van der Waals surface area contributed by atoms with Crippen molar-refractivity contribution in [1.29, 1.82) is 0 Å². The molecule has 0 unspecified atom stereocenters. The first-order valence-electron chi connectivity index (χ1n) is 11.0. The van der Waals surface area contributed by atoms with Gasteiger partial charge in [0.2, 0.25) is 0 Å². The van der Waals surface area contributed by atoms with E-state index in [1.54, 1.807) is 36.1 Å². The maximum Gasteiger partial charge on any atom is 0.332 e. The predicted octanol–water partition coefficient (Wildman–Crippen LogP) is 3.13. The first-order chi connectivity index (χ1) is 16.3. The highest BCUT2D eigenvalue weighted by atomic mass is 16.6. The molecule has 10 nitrogen and oxygen atoms in total. The van der Waals surface area contributed by atoms with Crippen LogP contribution in [-0.4, -0.2) is 70.1 Å². The number of para-hydroxylation sites is 1. The van der Waals surface area contributed by atoms with Crippen molar-refractivity contribution < 1.29 is 24.1 Å². The minimum Gasteiger partial charge on any atom is -0.507 e. The number of hydrogen-bond donors (Lipinski definition) is 2. The lowest BCUT2D eigenvalue weighted by Gasteiger charge is -2.19. The van der Waals surface area contributed by atoms with Crippen LogP contribution in [0.2, 0.25) is 0 Å². The van der Waals surface area contributed by atoms with E-state index in [4.69, 9.17) is 14.2 Å². The molecule has 0 saturated carbocycles. The Kier molecular flexibility index (Phi) is 8.55. The van der Waals surface area contributed by atoms with Gasteiger partial charge in [-0.2, -0.15) is 5.10 Å². The minimum atomic E-state index is -0.523. The van der Waals surface area contributed by atoms with Crippen LogP contribution in [-0.2, 0) is 25.5 Å². The summed E-state index contributed by atoms with van der Waals surface area (Å²) in [5, 5.41) is 26.1. The summed E-state index contributed by atoms with van der Waals surface area (Å²) in [7, 11) is 1.77. The average Bonchev–Trinajstić information content (AvgIpc) is 3.26. The lowest BCUT2D eigenvalue weighted by molar-refractivity contribution is -0.160. The molecule has 10 heteroatoms. The number of esters is 1. The molecule has 1 aromatic carbocycles. The van der Waals surface area contributed by atoms with Crippen LogP contribution >= 0.6 is 0 Å². The Labute approximate surface area is 198 Å². The van der Waals surface area contributed by atoms with Crippen molar-refractivity contribution in [2.45, 2.75) is 32.9 Å². The molecule has 34 heavy (non-hydrogen) atoms. The molecule has 0 aliphatic rings. The van der Waals surface area contributed by atoms with Gasteiger partial charge in [-0.25, -0.2) is 4.79 Å². The number of anilines is 1. The SMILES string of the molecule is CNc1nnc(-c2ccccc2O)cc1-c1cnn(CCOCCOCC(=O)OC(C)(C)C)c1. The molecule has 0 spiro atoms. The van der Waals surface area contributed by atoms with Crippen molar-refractivity contribution in [1.82, 2.24) is 20.0 Å². The van der Waals surface area contributed by atoms with Crippen molar-refractivity contribution in [3.8, 4) is 28.1 Å². The number of carbonyl (C=O) groups is 1. The molecule has 3 rings (SSSR count). The summed E-state index contributed by atoms with van der Waals surface area (Å²) in [5.41, 5.74) is 2.32. The Bertz CT molecular complexity index is 1090. The van der Waals surface area contributed by atoms with E-state index >= 15 is 0 Å². The fourth-order valence-corrected chi connectivity index (χ4v) is 3.15. The summed E-state index contributed by atoms with van der Waals surface area (Å²) in [6.07, 6.45) is 3.64. The van der Waals surface area contributed by atoms with Gasteiger partial charge in [0.1, 0.15) is 18.0 Å². The Hall–Kier alpha value is -3.50. The molecule has 182 valence electrons. The van der Waals surface area contributed by atoms with Gasteiger partial charge < -0.3 is 24.6 Å². The van der Waals surface area contributed by atoms with Crippen LogP contribution < -0.4 is 5.32 Å². The maximum absolute atomic E-state index is 11.6. The molecule has 0 saturated heterocycles. The van der Waals surface area contributed by atoms with Crippen LogP contribution in [0.5, 0.6) is 5.75 Å². The first-order valence-corrected chi connectivity index (χ1v) is 11.0. The minimum absolute atomic E-state index is 0.0976.